The molecule has 96 valence electrons. The highest BCUT2D eigenvalue weighted by Gasteiger charge is 2.23. The van der Waals surface area contributed by atoms with Gasteiger partial charge in [-0.3, -0.25) is 0 Å². The second kappa shape index (κ2) is 4.99. The molecule has 0 radical (unpaired) electrons. The minimum Gasteiger partial charge on any atom is -0.369 e. The first-order chi connectivity index (χ1) is 8.56. The summed E-state index contributed by atoms with van der Waals surface area (Å²) in [5.74, 6) is 0. The zero-order valence-electron chi connectivity index (χ0n) is 11.5. The summed E-state index contributed by atoms with van der Waals surface area (Å²) in [7, 11) is 2.15. The second-order valence-electron chi connectivity index (χ2n) is 5.41. The van der Waals surface area contributed by atoms with Crippen LogP contribution >= 0.6 is 0 Å². The molecule has 0 unspecified atom stereocenters. The fourth-order valence-corrected chi connectivity index (χ4v) is 2.35. The predicted molar refractivity (Wildman–Crippen MR) is 80.1 cm³/mol. The first-order valence-electron chi connectivity index (χ1n) is 6.48. The van der Waals surface area contributed by atoms with E-state index in [1.54, 1.807) is 0 Å². The molecule has 0 aliphatic rings. The topological polar surface area (TPSA) is 29.3 Å². The fraction of sp³-hybridized carbons (Fsp3) is 0.375. The van der Waals surface area contributed by atoms with E-state index in [-0.39, 0.29) is 5.54 Å². The Morgan fingerprint density at radius 2 is 1.72 bits per heavy atom. The van der Waals surface area contributed by atoms with Crippen molar-refractivity contribution in [2.45, 2.75) is 25.8 Å². The molecule has 0 spiro atoms. The average molecular weight is 242 g/mol. The molecule has 0 heterocycles. The molecule has 2 rings (SSSR count). The summed E-state index contributed by atoms with van der Waals surface area (Å²) in [5, 5.41) is 2.58. The Hall–Kier alpha value is -1.54. The Morgan fingerprint density at radius 3 is 2.44 bits per heavy atom. The van der Waals surface area contributed by atoms with Gasteiger partial charge in [-0.1, -0.05) is 36.4 Å². The van der Waals surface area contributed by atoms with Crippen LogP contribution in [-0.2, 0) is 0 Å². The summed E-state index contributed by atoms with van der Waals surface area (Å²) in [6.45, 7) is 5.19. The Kier molecular flexibility index (Phi) is 3.58. The van der Waals surface area contributed by atoms with Crippen molar-refractivity contribution < 1.29 is 0 Å². The van der Waals surface area contributed by atoms with Gasteiger partial charge in [0.2, 0.25) is 0 Å². The van der Waals surface area contributed by atoms with Crippen LogP contribution in [0.4, 0.5) is 5.69 Å². The van der Waals surface area contributed by atoms with Crippen LogP contribution in [0.2, 0.25) is 0 Å². The van der Waals surface area contributed by atoms with Crippen molar-refractivity contribution in [3.05, 3.63) is 42.5 Å². The van der Waals surface area contributed by atoms with E-state index < -0.39 is 0 Å². The van der Waals surface area contributed by atoms with Gasteiger partial charge in [-0.2, -0.15) is 0 Å². The molecule has 2 aromatic rings. The van der Waals surface area contributed by atoms with Crippen LogP contribution in [0.15, 0.2) is 42.5 Å². The van der Waals surface area contributed by atoms with Crippen LogP contribution in [0.1, 0.15) is 20.3 Å². The van der Waals surface area contributed by atoms with Gasteiger partial charge in [-0.05, 0) is 38.3 Å². The van der Waals surface area contributed by atoms with Crippen molar-refractivity contribution in [3.63, 3.8) is 0 Å². The minimum absolute atomic E-state index is 0.0683. The molecule has 0 aliphatic carbocycles. The molecule has 0 aliphatic heterocycles. The highest BCUT2D eigenvalue weighted by molar-refractivity contribution is 5.94. The van der Waals surface area contributed by atoms with E-state index >= 15 is 0 Å². The van der Waals surface area contributed by atoms with Gasteiger partial charge in [0, 0.05) is 23.7 Å². The van der Waals surface area contributed by atoms with Crippen molar-refractivity contribution >= 4 is 16.5 Å². The summed E-state index contributed by atoms with van der Waals surface area (Å²) in [6, 6.07) is 15.0. The quantitative estimate of drug-likeness (QED) is 0.890. The van der Waals surface area contributed by atoms with Gasteiger partial charge in [-0.15, -0.1) is 0 Å². The minimum atomic E-state index is 0.0683. The number of hydrogen-bond acceptors (Lipinski definition) is 2. The molecule has 0 aromatic heterocycles. The fourth-order valence-electron chi connectivity index (χ4n) is 2.35. The molecule has 18 heavy (non-hydrogen) atoms. The van der Waals surface area contributed by atoms with Gasteiger partial charge in [-0.25, -0.2) is 0 Å². The molecule has 2 nitrogen and oxygen atoms in total. The lowest BCUT2D eigenvalue weighted by Gasteiger charge is -2.38. The summed E-state index contributed by atoms with van der Waals surface area (Å²) < 4.78 is 0. The zero-order chi connectivity index (χ0) is 13.2. The molecule has 2 aromatic carbocycles. The van der Waals surface area contributed by atoms with Gasteiger partial charge in [0.15, 0.2) is 0 Å². The van der Waals surface area contributed by atoms with E-state index in [0.29, 0.717) is 6.54 Å². The molecule has 0 atom stereocenters. The van der Waals surface area contributed by atoms with E-state index in [1.807, 2.05) is 0 Å². The number of anilines is 1. The molecule has 2 N–H and O–H groups in total. The van der Waals surface area contributed by atoms with Gasteiger partial charge < -0.3 is 10.6 Å². The molecule has 0 saturated carbocycles. The summed E-state index contributed by atoms with van der Waals surface area (Å²) in [5.41, 5.74) is 7.05. The summed E-state index contributed by atoms with van der Waals surface area (Å²) >= 11 is 0. The summed E-state index contributed by atoms with van der Waals surface area (Å²) in [6.07, 6.45) is 0.979. The smallest absolute Gasteiger partial charge is 0.0447 e. The van der Waals surface area contributed by atoms with E-state index in [0.717, 1.165) is 6.42 Å². The molecular formula is C16H22N2. The van der Waals surface area contributed by atoms with E-state index in [1.165, 1.54) is 16.5 Å². The van der Waals surface area contributed by atoms with E-state index in [2.05, 4.69) is 68.3 Å². The predicted octanol–water partition coefficient (Wildman–Crippen LogP) is 3.40. The number of rotatable bonds is 4. The Bertz CT molecular complexity index is 526. The van der Waals surface area contributed by atoms with Crippen molar-refractivity contribution in [2.75, 3.05) is 18.5 Å². The largest absolute Gasteiger partial charge is 0.369 e. The number of benzene rings is 2. The van der Waals surface area contributed by atoms with Crippen LogP contribution < -0.4 is 10.6 Å². The van der Waals surface area contributed by atoms with Crippen molar-refractivity contribution in [2.24, 2.45) is 5.73 Å². The monoisotopic (exact) mass is 242 g/mol. The number of nitrogens with two attached hydrogens (primary N) is 1. The van der Waals surface area contributed by atoms with E-state index in [9.17, 15) is 0 Å². The first-order valence-corrected chi connectivity index (χ1v) is 6.48. The molecule has 0 bridgehead atoms. The molecule has 0 amide bonds. The molecule has 0 fully saturated rings. The number of hydrogen-bond donors (Lipinski definition) is 1. The Labute approximate surface area is 109 Å². The molecule has 2 heteroatoms. The third-order valence-corrected chi connectivity index (χ3v) is 3.79. The maximum absolute atomic E-state index is 5.72. The third-order valence-electron chi connectivity index (χ3n) is 3.79. The molecule has 0 saturated heterocycles. The maximum Gasteiger partial charge on any atom is 0.0447 e. The summed E-state index contributed by atoms with van der Waals surface area (Å²) in [4.78, 5) is 2.34. The van der Waals surface area contributed by atoms with Crippen LogP contribution in [0, 0.1) is 0 Å². The van der Waals surface area contributed by atoms with Crippen LogP contribution in [0.25, 0.3) is 10.8 Å². The Balaban J connectivity index is 2.48. The molecular weight excluding hydrogens is 220 g/mol. The maximum atomic E-state index is 5.72. The van der Waals surface area contributed by atoms with Gasteiger partial charge in [0.25, 0.3) is 0 Å². The number of nitrogens with zero attached hydrogens (tertiary/aromatic N) is 1. The van der Waals surface area contributed by atoms with Crippen LogP contribution in [-0.4, -0.2) is 19.1 Å². The Morgan fingerprint density at radius 1 is 1.06 bits per heavy atom. The van der Waals surface area contributed by atoms with Gasteiger partial charge in [0.1, 0.15) is 0 Å². The normalized spacial score (nSPS) is 11.8. The second-order valence-corrected chi connectivity index (χ2v) is 5.41. The zero-order valence-corrected chi connectivity index (χ0v) is 11.5. The third kappa shape index (κ3) is 2.34. The lowest BCUT2D eigenvalue weighted by Crippen LogP contribution is -2.42. The van der Waals surface area contributed by atoms with Crippen molar-refractivity contribution in [1.29, 1.82) is 0 Å². The highest BCUT2D eigenvalue weighted by Crippen LogP contribution is 2.31. The lowest BCUT2D eigenvalue weighted by atomic mass is 9.96. The lowest BCUT2D eigenvalue weighted by molar-refractivity contribution is 0.457. The average Bonchev–Trinajstić information content (AvgIpc) is 2.37. The number of fused-ring (bicyclic) bond motifs is 1. The van der Waals surface area contributed by atoms with Crippen LogP contribution in [0.5, 0.6) is 0 Å². The first kappa shape index (κ1) is 12.9. The van der Waals surface area contributed by atoms with Crippen molar-refractivity contribution in [1.82, 2.24) is 0 Å². The van der Waals surface area contributed by atoms with Gasteiger partial charge in [0.05, 0.1) is 0 Å². The highest BCUT2D eigenvalue weighted by atomic mass is 15.2. The van der Waals surface area contributed by atoms with Gasteiger partial charge >= 0.3 is 0 Å². The SMILES string of the molecule is CN(c1cccc2ccccc12)C(C)(C)CCN. The standard InChI is InChI=1S/C16H22N2/c1-16(2,11-12-17)18(3)15-10-6-8-13-7-4-5-9-14(13)15/h4-10H,11-12,17H2,1-3H3. The van der Waals surface area contributed by atoms with E-state index in [4.69, 9.17) is 5.73 Å². The van der Waals surface area contributed by atoms with Crippen LogP contribution in [0.3, 0.4) is 0 Å². The van der Waals surface area contributed by atoms with Crippen molar-refractivity contribution in [3.8, 4) is 0 Å².